The van der Waals surface area contributed by atoms with Crippen LogP contribution in [0.25, 0.3) is 0 Å². The molecule has 0 aromatic heterocycles. The van der Waals surface area contributed by atoms with Crippen LogP contribution in [0.3, 0.4) is 0 Å². The van der Waals surface area contributed by atoms with E-state index in [1.165, 1.54) is 24.3 Å². The molecule has 0 aliphatic rings. The largest absolute Gasteiger partial charge is 0.398 e. The van der Waals surface area contributed by atoms with Crippen molar-refractivity contribution in [1.82, 2.24) is 0 Å². The van der Waals surface area contributed by atoms with Crippen LogP contribution in [0.15, 0.2) is 47.4 Å². The molecule has 0 saturated heterocycles. The Morgan fingerprint density at radius 1 is 1.16 bits per heavy atom. The molecule has 5 heteroatoms. The SMILES string of the molecule is Cc1ccc(S(=O)(=O)Cc2ccccc2F)c(N)c1. The standard InChI is InChI=1S/C14H14FNO2S/c1-10-6-7-14(13(16)8-10)19(17,18)9-11-4-2-3-5-12(11)15/h2-8H,9,16H2,1H3. The van der Waals surface area contributed by atoms with Crippen molar-refractivity contribution in [2.75, 3.05) is 5.73 Å². The van der Waals surface area contributed by atoms with Crippen LogP contribution < -0.4 is 5.73 Å². The number of nitrogen functional groups attached to an aromatic ring is 1. The van der Waals surface area contributed by atoms with E-state index in [4.69, 9.17) is 5.73 Å². The fourth-order valence-electron chi connectivity index (χ4n) is 1.85. The Bertz CT molecular complexity index is 711. The van der Waals surface area contributed by atoms with Gasteiger partial charge in [-0.2, -0.15) is 0 Å². The highest BCUT2D eigenvalue weighted by molar-refractivity contribution is 7.90. The lowest BCUT2D eigenvalue weighted by atomic mass is 10.2. The van der Waals surface area contributed by atoms with Crippen molar-refractivity contribution in [3.63, 3.8) is 0 Å². The summed E-state index contributed by atoms with van der Waals surface area (Å²) in [6, 6.07) is 10.5. The van der Waals surface area contributed by atoms with E-state index >= 15 is 0 Å². The maximum absolute atomic E-state index is 13.5. The van der Waals surface area contributed by atoms with Crippen molar-refractivity contribution < 1.29 is 12.8 Å². The molecule has 3 nitrogen and oxygen atoms in total. The number of hydrogen-bond donors (Lipinski definition) is 1. The average Bonchev–Trinajstić information content (AvgIpc) is 2.31. The zero-order valence-electron chi connectivity index (χ0n) is 10.4. The first-order chi connectivity index (χ1) is 8.90. The topological polar surface area (TPSA) is 60.2 Å². The number of hydrogen-bond acceptors (Lipinski definition) is 3. The van der Waals surface area contributed by atoms with Gasteiger partial charge in [-0.25, -0.2) is 12.8 Å². The summed E-state index contributed by atoms with van der Waals surface area (Å²) < 4.78 is 38.0. The molecule has 0 aliphatic heterocycles. The lowest BCUT2D eigenvalue weighted by Crippen LogP contribution is -2.09. The number of sulfone groups is 1. The maximum Gasteiger partial charge on any atom is 0.184 e. The van der Waals surface area contributed by atoms with Gasteiger partial charge in [0.2, 0.25) is 0 Å². The zero-order chi connectivity index (χ0) is 14.0. The highest BCUT2D eigenvalue weighted by Gasteiger charge is 2.19. The van der Waals surface area contributed by atoms with Crippen LogP contribution in [0.4, 0.5) is 10.1 Å². The summed E-state index contributed by atoms with van der Waals surface area (Å²) >= 11 is 0. The van der Waals surface area contributed by atoms with Gasteiger partial charge in [0, 0.05) is 5.56 Å². The summed E-state index contributed by atoms with van der Waals surface area (Å²) in [4.78, 5) is 0.0429. The minimum Gasteiger partial charge on any atom is -0.398 e. The first-order valence-electron chi connectivity index (χ1n) is 5.72. The number of anilines is 1. The Kier molecular flexibility index (Phi) is 3.57. The lowest BCUT2D eigenvalue weighted by Gasteiger charge is -2.09. The monoisotopic (exact) mass is 279 g/mol. The first kappa shape index (κ1) is 13.5. The lowest BCUT2D eigenvalue weighted by molar-refractivity contribution is 0.587. The van der Waals surface area contributed by atoms with E-state index in [1.54, 1.807) is 18.2 Å². The number of benzene rings is 2. The Morgan fingerprint density at radius 2 is 1.84 bits per heavy atom. The molecule has 0 spiro atoms. The van der Waals surface area contributed by atoms with Gasteiger partial charge in [-0.15, -0.1) is 0 Å². The van der Waals surface area contributed by atoms with Crippen molar-refractivity contribution in [2.45, 2.75) is 17.6 Å². The molecule has 0 fully saturated rings. The van der Waals surface area contributed by atoms with Gasteiger partial charge >= 0.3 is 0 Å². The Balaban J connectivity index is 2.41. The summed E-state index contributed by atoms with van der Waals surface area (Å²) in [6.45, 7) is 1.82. The van der Waals surface area contributed by atoms with Gasteiger partial charge < -0.3 is 5.73 Å². The molecule has 2 N–H and O–H groups in total. The van der Waals surface area contributed by atoms with E-state index in [0.29, 0.717) is 0 Å². The van der Waals surface area contributed by atoms with E-state index in [-0.39, 0.29) is 16.1 Å². The third kappa shape index (κ3) is 2.93. The van der Waals surface area contributed by atoms with Crippen LogP contribution in [0.2, 0.25) is 0 Å². The molecule has 19 heavy (non-hydrogen) atoms. The van der Waals surface area contributed by atoms with Crippen LogP contribution in [0.1, 0.15) is 11.1 Å². The van der Waals surface area contributed by atoms with Crippen LogP contribution in [-0.2, 0) is 15.6 Å². The molecule has 0 amide bonds. The van der Waals surface area contributed by atoms with Crippen molar-refractivity contribution >= 4 is 15.5 Å². The fourth-order valence-corrected chi connectivity index (χ4v) is 3.34. The van der Waals surface area contributed by atoms with Gasteiger partial charge in [-0.05, 0) is 30.7 Å². The minimum absolute atomic E-state index is 0.0429. The van der Waals surface area contributed by atoms with Gasteiger partial charge in [0.1, 0.15) is 5.82 Å². The normalized spacial score (nSPS) is 11.5. The number of nitrogens with two attached hydrogens (primary N) is 1. The molecule has 0 aliphatic carbocycles. The predicted octanol–water partition coefficient (Wildman–Crippen LogP) is 2.69. The van der Waals surface area contributed by atoms with E-state index in [2.05, 4.69) is 0 Å². The molecule has 0 saturated carbocycles. The number of rotatable bonds is 3. The maximum atomic E-state index is 13.5. The number of aryl methyl sites for hydroxylation is 1. The second-order valence-electron chi connectivity index (χ2n) is 4.39. The molecular weight excluding hydrogens is 265 g/mol. The van der Waals surface area contributed by atoms with Crippen LogP contribution in [0, 0.1) is 12.7 Å². The number of halogens is 1. The molecule has 2 aromatic carbocycles. The minimum atomic E-state index is -3.65. The van der Waals surface area contributed by atoms with E-state index in [0.717, 1.165) is 5.56 Å². The van der Waals surface area contributed by atoms with E-state index in [1.807, 2.05) is 6.92 Å². The first-order valence-corrected chi connectivity index (χ1v) is 7.37. The van der Waals surface area contributed by atoms with Gasteiger partial charge in [0.05, 0.1) is 16.3 Å². The highest BCUT2D eigenvalue weighted by atomic mass is 32.2. The van der Waals surface area contributed by atoms with Crippen LogP contribution in [0.5, 0.6) is 0 Å². The predicted molar refractivity (Wildman–Crippen MR) is 72.9 cm³/mol. The van der Waals surface area contributed by atoms with Crippen molar-refractivity contribution in [1.29, 1.82) is 0 Å². The summed E-state index contributed by atoms with van der Waals surface area (Å²) in [6.07, 6.45) is 0. The second kappa shape index (κ2) is 5.01. The second-order valence-corrected chi connectivity index (χ2v) is 6.35. The average molecular weight is 279 g/mol. The molecule has 0 atom stereocenters. The summed E-state index contributed by atoms with van der Waals surface area (Å²) in [5.41, 5.74) is 6.94. The zero-order valence-corrected chi connectivity index (χ0v) is 11.2. The smallest absolute Gasteiger partial charge is 0.184 e. The molecule has 0 heterocycles. The van der Waals surface area contributed by atoms with E-state index in [9.17, 15) is 12.8 Å². The molecule has 2 aromatic rings. The molecule has 2 rings (SSSR count). The van der Waals surface area contributed by atoms with Gasteiger partial charge in [0.25, 0.3) is 0 Å². The third-order valence-corrected chi connectivity index (χ3v) is 4.54. The highest BCUT2D eigenvalue weighted by Crippen LogP contribution is 2.24. The Hall–Kier alpha value is -1.88. The van der Waals surface area contributed by atoms with Crippen LogP contribution in [-0.4, -0.2) is 8.42 Å². The molecule has 0 unspecified atom stereocenters. The third-order valence-electron chi connectivity index (χ3n) is 2.80. The molecule has 100 valence electrons. The fraction of sp³-hybridized carbons (Fsp3) is 0.143. The van der Waals surface area contributed by atoms with Gasteiger partial charge in [-0.1, -0.05) is 24.3 Å². The Labute approximate surface area is 111 Å². The van der Waals surface area contributed by atoms with Crippen molar-refractivity contribution in [3.8, 4) is 0 Å². The quantitative estimate of drug-likeness (QED) is 0.879. The summed E-state index contributed by atoms with van der Waals surface area (Å²) in [5.74, 6) is -0.927. The summed E-state index contributed by atoms with van der Waals surface area (Å²) in [7, 11) is -3.65. The summed E-state index contributed by atoms with van der Waals surface area (Å²) in [5, 5.41) is 0. The van der Waals surface area contributed by atoms with Crippen LogP contribution >= 0.6 is 0 Å². The van der Waals surface area contributed by atoms with Gasteiger partial charge in [-0.3, -0.25) is 0 Å². The Morgan fingerprint density at radius 3 is 2.47 bits per heavy atom. The van der Waals surface area contributed by atoms with Gasteiger partial charge in [0.15, 0.2) is 9.84 Å². The van der Waals surface area contributed by atoms with Crippen molar-refractivity contribution in [2.24, 2.45) is 0 Å². The molecular formula is C14H14FNO2S. The van der Waals surface area contributed by atoms with E-state index < -0.39 is 21.4 Å². The molecule has 0 bridgehead atoms. The molecule has 0 radical (unpaired) electrons. The van der Waals surface area contributed by atoms with Crippen molar-refractivity contribution in [3.05, 3.63) is 59.4 Å².